The molecule has 1 aromatic heterocycles. The molecule has 0 amide bonds. The molecule has 1 unspecified atom stereocenters. The second-order valence-corrected chi connectivity index (χ2v) is 4.02. The van der Waals surface area contributed by atoms with E-state index < -0.39 is 0 Å². The Morgan fingerprint density at radius 1 is 1.47 bits per heavy atom. The van der Waals surface area contributed by atoms with Crippen molar-refractivity contribution < 1.29 is 0 Å². The van der Waals surface area contributed by atoms with Gasteiger partial charge in [-0.25, -0.2) is 0 Å². The maximum Gasteiger partial charge on any atom is 0.0599 e. The molecule has 0 aliphatic carbocycles. The van der Waals surface area contributed by atoms with Gasteiger partial charge in [-0.15, -0.1) is 0 Å². The fourth-order valence-electron chi connectivity index (χ4n) is 2.06. The van der Waals surface area contributed by atoms with Crippen LogP contribution in [0.3, 0.4) is 0 Å². The Morgan fingerprint density at radius 2 is 2.27 bits per heavy atom. The lowest BCUT2D eigenvalue weighted by atomic mass is 10.2. The molecule has 0 radical (unpaired) electrons. The molecule has 1 aromatic rings. The Bertz CT molecular complexity index is 264. The molecule has 2 heterocycles. The van der Waals surface area contributed by atoms with Gasteiger partial charge >= 0.3 is 0 Å². The standard InChI is InChI=1S/C11H20N4/c1-12-11(10-3-2-4-14-10)9-15-7-5-13-6-8-15/h2-4,11-14H,5-9H2,1H3. The number of aromatic amines is 1. The Balaban J connectivity index is 1.90. The van der Waals surface area contributed by atoms with Crippen LogP contribution in [0.1, 0.15) is 11.7 Å². The zero-order valence-corrected chi connectivity index (χ0v) is 9.29. The molecule has 15 heavy (non-hydrogen) atoms. The van der Waals surface area contributed by atoms with E-state index in [9.17, 15) is 0 Å². The summed E-state index contributed by atoms with van der Waals surface area (Å²) >= 11 is 0. The molecule has 0 spiro atoms. The predicted octanol–water partition coefficient (Wildman–Crippen LogP) is 0.180. The van der Waals surface area contributed by atoms with Crippen LogP contribution < -0.4 is 10.6 Å². The average molecular weight is 208 g/mol. The molecule has 1 fully saturated rings. The number of hydrogen-bond acceptors (Lipinski definition) is 3. The van der Waals surface area contributed by atoms with E-state index >= 15 is 0 Å². The summed E-state index contributed by atoms with van der Waals surface area (Å²) in [7, 11) is 2.02. The van der Waals surface area contributed by atoms with Crippen LogP contribution in [0, 0.1) is 0 Å². The Labute approximate surface area is 91.0 Å². The molecule has 1 aliphatic rings. The van der Waals surface area contributed by atoms with Gasteiger partial charge in [0.2, 0.25) is 0 Å². The molecule has 0 aromatic carbocycles. The molecule has 1 atom stereocenters. The zero-order valence-electron chi connectivity index (χ0n) is 9.29. The lowest BCUT2D eigenvalue weighted by Crippen LogP contribution is -2.46. The van der Waals surface area contributed by atoms with Crippen LogP contribution in [0.5, 0.6) is 0 Å². The number of nitrogens with one attached hydrogen (secondary N) is 3. The van der Waals surface area contributed by atoms with Gasteiger partial charge in [0.05, 0.1) is 6.04 Å². The number of H-pyrrole nitrogens is 1. The smallest absolute Gasteiger partial charge is 0.0599 e. The average Bonchev–Trinajstić information content (AvgIpc) is 2.81. The summed E-state index contributed by atoms with van der Waals surface area (Å²) in [5.74, 6) is 0. The van der Waals surface area contributed by atoms with Gasteiger partial charge in [-0.3, -0.25) is 4.90 Å². The summed E-state index contributed by atoms with van der Waals surface area (Å²) in [5.41, 5.74) is 1.27. The van der Waals surface area contributed by atoms with Crippen molar-refractivity contribution in [2.75, 3.05) is 39.8 Å². The van der Waals surface area contributed by atoms with Crippen molar-refractivity contribution in [1.82, 2.24) is 20.5 Å². The fraction of sp³-hybridized carbons (Fsp3) is 0.636. The first-order valence-electron chi connectivity index (χ1n) is 5.64. The summed E-state index contributed by atoms with van der Waals surface area (Å²) in [5, 5.41) is 6.73. The minimum Gasteiger partial charge on any atom is -0.364 e. The van der Waals surface area contributed by atoms with E-state index in [2.05, 4.69) is 32.7 Å². The number of hydrogen-bond donors (Lipinski definition) is 3. The minimum absolute atomic E-state index is 0.415. The van der Waals surface area contributed by atoms with E-state index in [0.29, 0.717) is 6.04 Å². The fourth-order valence-corrected chi connectivity index (χ4v) is 2.06. The quantitative estimate of drug-likeness (QED) is 0.661. The van der Waals surface area contributed by atoms with Crippen molar-refractivity contribution in [2.24, 2.45) is 0 Å². The lowest BCUT2D eigenvalue weighted by molar-refractivity contribution is 0.218. The summed E-state index contributed by atoms with van der Waals surface area (Å²) in [4.78, 5) is 5.77. The highest BCUT2D eigenvalue weighted by Crippen LogP contribution is 2.11. The molecular weight excluding hydrogens is 188 g/mol. The topological polar surface area (TPSA) is 43.1 Å². The molecule has 4 nitrogen and oxygen atoms in total. The van der Waals surface area contributed by atoms with Gasteiger partial charge in [0.25, 0.3) is 0 Å². The van der Waals surface area contributed by atoms with Gasteiger partial charge < -0.3 is 15.6 Å². The van der Waals surface area contributed by atoms with E-state index in [4.69, 9.17) is 0 Å². The third kappa shape index (κ3) is 2.81. The molecule has 84 valence electrons. The van der Waals surface area contributed by atoms with Crippen molar-refractivity contribution in [1.29, 1.82) is 0 Å². The first kappa shape index (κ1) is 10.7. The van der Waals surface area contributed by atoms with Crippen LogP contribution in [-0.2, 0) is 0 Å². The van der Waals surface area contributed by atoms with E-state index in [-0.39, 0.29) is 0 Å². The number of likely N-dealkylation sites (N-methyl/N-ethyl adjacent to an activating group) is 1. The first-order valence-corrected chi connectivity index (χ1v) is 5.64. The summed E-state index contributed by atoms with van der Waals surface area (Å²) in [6, 6.07) is 4.61. The summed E-state index contributed by atoms with van der Waals surface area (Å²) < 4.78 is 0. The van der Waals surface area contributed by atoms with Crippen molar-refractivity contribution in [3.05, 3.63) is 24.0 Å². The molecule has 0 bridgehead atoms. The number of piperazine rings is 1. The normalized spacial score (nSPS) is 20.3. The molecule has 3 N–H and O–H groups in total. The first-order chi connectivity index (χ1) is 7.40. The number of rotatable bonds is 4. The van der Waals surface area contributed by atoms with Crippen LogP contribution in [0.4, 0.5) is 0 Å². The molecule has 4 heteroatoms. The number of aromatic nitrogens is 1. The summed E-state index contributed by atoms with van der Waals surface area (Å²) in [6.45, 7) is 5.61. The molecule has 1 saturated heterocycles. The lowest BCUT2D eigenvalue weighted by Gasteiger charge is -2.30. The van der Waals surface area contributed by atoms with Crippen LogP contribution >= 0.6 is 0 Å². The van der Waals surface area contributed by atoms with Gasteiger partial charge in [0, 0.05) is 44.6 Å². The van der Waals surface area contributed by atoms with E-state index in [1.54, 1.807) is 0 Å². The van der Waals surface area contributed by atoms with Crippen molar-refractivity contribution in [3.8, 4) is 0 Å². The van der Waals surface area contributed by atoms with Gasteiger partial charge in [0.15, 0.2) is 0 Å². The molecule has 1 aliphatic heterocycles. The van der Waals surface area contributed by atoms with Crippen LogP contribution in [-0.4, -0.2) is 49.7 Å². The largest absolute Gasteiger partial charge is 0.364 e. The van der Waals surface area contributed by atoms with Gasteiger partial charge in [-0.2, -0.15) is 0 Å². The molecule has 2 rings (SSSR count). The number of nitrogens with zero attached hydrogens (tertiary/aromatic N) is 1. The third-order valence-corrected chi connectivity index (χ3v) is 3.00. The van der Waals surface area contributed by atoms with E-state index in [0.717, 1.165) is 32.7 Å². The van der Waals surface area contributed by atoms with E-state index in [1.807, 2.05) is 13.2 Å². The van der Waals surface area contributed by atoms with Crippen molar-refractivity contribution in [2.45, 2.75) is 6.04 Å². The molecular formula is C11H20N4. The predicted molar refractivity (Wildman–Crippen MR) is 61.9 cm³/mol. The highest BCUT2D eigenvalue weighted by molar-refractivity contribution is 5.09. The minimum atomic E-state index is 0.415. The van der Waals surface area contributed by atoms with Gasteiger partial charge in [-0.05, 0) is 19.2 Å². The third-order valence-electron chi connectivity index (χ3n) is 3.00. The second-order valence-electron chi connectivity index (χ2n) is 4.02. The van der Waals surface area contributed by atoms with Crippen molar-refractivity contribution in [3.63, 3.8) is 0 Å². The molecule has 0 saturated carbocycles. The zero-order chi connectivity index (χ0) is 10.5. The highest BCUT2D eigenvalue weighted by Gasteiger charge is 2.16. The van der Waals surface area contributed by atoms with Crippen molar-refractivity contribution >= 4 is 0 Å². The Hall–Kier alpha value is -0.840. The van der Waals surface area contributed by atoms with Gasteiger partial charge in [0.1, 0.15) is 0 Å². The maximum atomic E-state index is 3.37. The SMILES string of the molecule is CNC(CN1CCNCC1)c1ccc[nH]1. The van der Waals surface area contributed by atoms with Crippen LogP contribution in [0.25, 0.3) is 0 Å². The monoisotopic (exact) mass is 208 g/mol. The van der Waals surface area contributed by atoms with Crippen LogP contribution in [0.15, 0.2) is 18.3 Å². The Kier molecular flexibility index (Phi) is 3.77. The van der Waals surface area contributed by atoms with Gasteiger partial charge in [-0.1, -0.05) is 0 Å². The van der Waals surface area contributed by atoms with E-state index in [1.165, 1.54) is 5.69 Å². The highest BCUT2D eigenvalue weighted by atomic mass is 15.2. The van der Waals surface area contributed by atoms with Crippen LogP contribution in [0.2, 0.25) is 0 Å². The summed E-state index contributed by atoms with van der Waals surface area (Å²) in [6.07, 6.45) is 1.98. The maximum absolute atomic E-state index is 3.37. The Morgan fingerprint density at radius 3 is 2.87 bits per heavy atom. The second kappa shape index (κ2) is 5.30.